The highest BCUT2D eigenvalue weighted by molar-refractivity contribution is 5.40. The second-order valence-corrected chi connectivity index (χ2v) is 3.14. The van der Waals surface area contributed by atoms with Crippen LogP contribution in [0.2, 0.25) is 0 Å². The molecule has 1 N–H and O–H groups in total. The van der Waals surface area contributed by atoms with Crippen molar-refractivity contribution in [1.29, 1.82) is 0 Å². The van der Waals surface area contributed by atoms with Crippen LogP contribution in [0.1, 0.15) is 11.7 Å². The molecule has 15 heavy (non-hydrogen) atoms. The fourth-order valence-corrected chi connectivity index (χ4v) is 1.23. The summed E-state index contributed by atoms with van der Waals surface area (Å²) < 4.78 is 4.87. The topological polar surface area (TPSA) is 63.8 Å². The molecule has 78 valence electrons. The number of hydrogen-bond acceptors (Lipinski definition) is 5. The van der Waals surface area contributed by atoms with Crippen LogP contribution in [0.4, 0.5) is 5.69 Å². The molecule has 0 aliphatic heterocycles. The van der Waals surface area contributed by atoms with Gasteiger partial charge < -0.3 is 9.84 Å². The summed E-state index contributed by atoms with van der Waals surface area (Å²) in [5.41, 5.74) is 1.05. The molecule has 0 unspecified atom stereocenters. The van der Waals surface area contributed by atoms with Crippen molar-refractivity contribution in [3.63, 3.8) is 0 Å². The van der Waals surface area contributed by atoms with E-state index in [1.165, 1.54) is 0 Å². The maximum absolute atomic E-state index is 4.87. The zero-order valence-electron chi connectivity index (χ0n) is 8.47. The minimum Gasteiger partial charge on any atom is -0.385 e. The molecule has 0 spiro atoms. The first-order chi connectivity index (χ1) is 7.34. The minimum absolute atomic E-state index is 0.605. The molecule has 5 nitrogen and oxygen atoms in total. The fraction of sp³-hybridized carbons (Fsp3) is 0.300. The first kappa shape index (κ1) is 9.64. The van der Waals surface area contributed by atoms with Crippen molar-refractivity contribution in [2.24, 2.45) is 0 Å². The molecule has 0 fully saturated rings. The van der Waals surface area contributed by atoms with Crippen molar-refractivity contribution < 1.29 is 4.52 Å². The molecule has 5 heteroatoms. The smallest absolute Gasteiger partial charge is 0.223 e. The van der Waals surface area contributed by atoms with Gasteiger partial charge in [-0.3, -0.25) is 4.98 Å². The molecule has 0 aliphatic carbocycles. The second-order valence-electron chi connectivity index (χ2n) is 3.14. The highest BCUT2D eigenvalue weighted by Gasteiger charge is 2.00. The van der Waals surface area contributed by atoms with Crippen LogP contribution < -0.4 is 5.32 Å². The van der Waals surface area contributed by atoms with Crippen LogP contribution in [-0.2, 0) is 6.42 Å². The van der Waals surface area contributed by atoms with Gasteiger partial charge in [-0.1, -0.05) is 5.16 Å². The van der Waals surface area contributed by atoms with Crippen LogP contribution in [0.3, 0.4) is 0 Å². The monoisotopic (exact) mass is 204 g/mol. The molecule has 0 radical (unpaired) electrons. The standard InChI is InChI=1S/C10H12N4O/c1-8-13-10(14-15-8)4-7-12-9-2-5-11-6-3-9/h2-3,5-6H,4,7H2,1H3,(H,11,12). The lowest BCUT2D eigenvalue weighted by molar-refractivity contribution is 0.387. The Labute approximate surface area is 87.5 Å². The number of nitrogens with zero attached hydrogens (tertiary/aromatic N) is 3. The van der Waals surface area contributed by atoms with Gasteiger partial charge in [0.1, 0.15) is 0 Å². The van der Waals surface area contributed by atoms with Crippen molar-refractivity contribution in [2.45, 2.75) is 13.3 Å². The Balaban J connectivity index is 1.80. The highest BCUT2D eigenvalue weighted by Crippen LogP contribution is 2.03. The Morgan fingerprint density at radius 1 is 1.33 bits per heavy atom. The molecule has 0 aromatic carbocycles. The van der Waals surface area contributed by atoms with Gasteiger partial charge in [0.25, 0.3) is 0 Å². The first-order valence-corrected chi connectivity index (χ1v) is 4.78. The highest BCUT2D eigenvalue weighted by atomic mass is 16.5. The summed E-state index contributed by atoms with van der Waals surface area (Å²) >= 11 is 0. The summed E-state index contributed by atoms with van der Waals surface area (Å²) in [6.07, 6.45) is 4.25. The van der Waals surface area contributed by atoms with Gasteiger partial charge in [0.2, 0.25) is 5.89 Å². The maximum Gasteiger partial charge on any atom is 0.223 e. The lowest BCUT2D eigenvalue weighted by atomic mass is 10.3. The Hall–Kier alpha value is -1.91. The molecule has 0 atom stereocenters. The van der Waals surface area contributed by atoms with E-state index in [4.69, 9.17) is 4.52 Å². The maximum atomic E-state index is 4.87. The molecule has 2 heterocycles. The quantitative estimate of drug-likeness (QED) is 0.816. The minimum atomic E-state index is 0.605. The Morgan fingerprint density at radius 3 is 2.80 bits per heavy atom. The van der Waals surface area contributed by atoms with Crippen LogP contribution in [0.15, 0.2) is 29.0 Å². The third-order valence-electron chi connectivity index (χ3n) is 1.93. The van der Waals surface area contributed by atoms with Crippen LogP contribution in [-0.4, -0.2) is 21.7 Å². The lowest BCUT2D eigenvalue weighted by Crippen LogP contribution is -2.05. The average Bonchev–Trinajstić information content (AvgIpc) is 2.66. The van der Waals surface area contributed by atoms with Crippen LogP contribution >= 0.6 is 0 Å². The fourth-order valence-electron chi connectivity index (χ4n) is 1.23. The number of rotatable bonds is 4. The third-order valence-corrected chi connectivity index (χ3v) is 1.93. The molecular weight excluding hydrogens is 192 g/mol. The third kappa shape index (κ3) is 2.77. The normalized spacial score (nSPS) is 10.2. The molecule has 2 aromatic heterocycles. The number of aryl methyl sites for hydroxylation is 1. The largest absolute Gasteiger partial charge is 0.385 e. The van der Waals surface area contributed by atoms with Crippen molar-refractivity contribution >= 4 is 5.69 Å². The first-order valence-electron chi connectivity index (χ1n) is 4.78. The van der Waals surface area contributed by atoms with Gasteiger partial charge in [-0.15, -0.1) is 0 Å². The van der Waals surface area contributed by atoms with Gasteiger partial charge in [0, 0.05) is 38.0 Å². The number of pyridine rings is 1. The van der Waals surface area contributed by atoms with Crippen LogP contribution in [0, 0.1) is 6.92 Å². The summed E-state index contributed by atoms with van der Waals surface area (Å²) in [4.78, 5) is 8.05. The van der Waals surface area contributed by atoms with Gasteiger partial charge in [0.15, 0.2) is 5.82 Å². The van der Waals surface area contributed by atoms with Gasteiger partial charge in [0.05, 0.1) is 0 Å². The summed E-state index contributed by atoms with van der Waals surface area (Å²) in [5.74, 6) is 1.34. The molecule has 0 amide bonds. The molecule has 0 saturated heterocycles. The lowest BCUT2D eigenvalue weighted by Gasteiger charge is -2.02. The molecular formula is C10H12N4O. The SMILES string of the molecule is Cc1nc(CCNc2ccncc2)no1. The summed E-state index contributed by atoms with van der Waals surface area (Å²) in [7, 11) is 0. The number of hydrogen-bond donors (Lipinski definition) is 1. The second kappa shape index (κ2) is 4.54. The average molecular weight is 204 g/mol. The van der Waals surface area contributed by atoms with E-state index < -0.39 is 0 Å². The van der Waals surface area contributed by atoms with Gasteiger partial charge in [-0.25, -0.2) is 0 Å². The molecule has 0 saturated carbocycles. The van der Waals surface area contributed by atoms with Crippen LogP contribution in [0.25, 0.3) is 0 Å². The molecule has 2 aromatic rings. The van der Waals surface area contributed by atoms with Crippen molar-refractivity contribution in [3.8, 4) is 0 Å². The van der Waals surface area contributed by atoms with Gasteiger partial charge >= 0.3 is 0 Å². The van der Waals surface area contributed by atoms with Gasteiger partial charge in [-0.2, -0.15) is 4.98 Å². The van der Waals surface area contributed by atoms with Crippen molar-refractivity contribution in [3.05, 3.63) is 36.2 Å². The van der Waals surface area contributed by atoms with E-state index >= 15 is 0 Å². The zero-order valence-corrected chi connectivity index (χ0v) is 8.47. The van der Waals surface area contributed by atoms with E-state index in [1.54, 1.807) is 19.3 Å². The van der Waals surface area contributed by atoms with E-state index in [2.05, 4.69) is 20.4 Å². The van der Waals surface area contributed by atoms with E-state index in [1.807, 2.05) is 12.1 Å². The summed E-state index contributed by atoms with van der Waals surface area (Å²) in [6.45, 7) is 2.57. The number of anilines is 1. The summed E-state index contributed by atoms with van der Waals surface area (Å²) in [6, 6.07) is 3.84. The molecule has 0 aliphatic rings. The van der Waals surface area contributed by atoms with E-state index in [0.29, 0.717) is 5.89 Å². The van der Waals surface area contributed by atoms with Gasteiger partial charge in [-0.05, 0) is 12.1 Å². The number of nitrogens with one attached hydrogen (secondary N) is 1. The molecule has 0 bridgehead atoms. The van der Waals surface area contributed by atoms with E-state index in [9.17, 15) is 0 Å². The summed E-state index contributed by atoms with van der Waals surface area (Å²) in [5, 5.41) is 7.05. The zero-order chi connectivity index (χ0) is 10.5. The van der Waals surface area contributed by atoms with Crippen LogP contribution in [0.5, 0.6) is 0 Å². The number of aromatic nitrogens is 3. The van der Waals surface area contributed by atoms with Crippen molar-refractivity contribution in [1.82, 2.24) is 15.1 Å². The predicted octanol–water partition coefficient (Wildman–Crippen LogP) is 1.43. The van der Waals surface area contributed by atoms with E-state index in [-0.39, 0.29) is 0 Å². The Morgan fingerprint density at radius 2 is 2.13 bits per heavy atom. The van der Waals surface area contributed by atoms with Crippen molar-refractivity contribution in [2.75, 3.05) is 11.9 Å². The Kier molecular flexibility index (Phi) is 2.92. The Bertz CT molecular complexity index is 412. The predicted molar refractivity (Wildman–Crippen MR) is 55.5 cm³/mol. The molecule has 2 rings (SSSR count). The van der Waals surface area contributed by atoms with E-state index in [0.717, 1.165) is 24.5 Å².